The molecule has 2 rings (SSSR count). The summed E-state index contributed by atoms with van der Waals surface area (Å²) in [7, 11) is 1.67. The highest BCUT2D eigenvalue weighted by atomic mass is 79.9. The molecule has 0 spiro atoms. The number of anilines is 1. The van der Waals surface area contributed by atoms with Crippen molar-refractivity contribution >= 4 is 53.5 Å². The van der Waals surface area contributed by atoms with Gasteiger partial charge in [-0.1, -0.05) is 15.9 Å². The molecule has 0 aliphatic heterocycles. The Hall–Kier alpha value is -0.590. The Labute approximate surface area is 143 Å². The molecular formula is C14H13Br3N2O. The second-order valence-electron chi connectivity index (χ2n) is 4.24. The maximum absolute atomic E-state index is 5.41. The first-order valence-electron chi connectivity index (χ1n) is 5.89. The third-order valence-electron chi connectivity index (χ3n) is 2.80. The number of nitrogens with one attached hydrogen (secondary N) is 1. The summed E-state index contributed by atoms with van der Waals surface area (Å²) >= 11 is 10.4. The number of aryl methyl sites for hydroxylation is 1. The minimum atomic E-state index is 0.618. The monoisotopic (exact) mass is 462 g/mol. The lowest BCUT2D eigenvalue weighted by atomic mass is 10.2. The van der Waals surface area contributed by atoms with Crippen LogP contribution in [0.3, 0.4) is 0 Å². The normalized spacial score (nSPS) is 10.4. The summed E-state index contributed by atoms with van der Waals surface area (Å²) in [4.78, 5) is 4.39. The van der Waals surface area contributed by atoms with Crippen molar-refractivity contribution < 1.29 is 4.74 Å². The number of hydrogen-bond donors (Lipinski definition) is 1. The SMILES string of the molecule is COc1cc(Br)cc(C)c1NCc1ncc(Br)cc1Br. The zero-order chi connectivity index (χ0) is 14.7. The van der Waals surface area contributed by atoms with Crippen LogP contribution in [0, 0.1) is 6.92 Å². The molecule has 0 aliphatic carbocycles. The lowest BCUT2D eigenvalue weighted by Crippen LogP contribution is -2.05. The maximum atomic E-state index is 5.41. The highest BCUT2D eigenvalue weighted by Crippen LogP contribution is 2.32. The molecule has 1 aromatic carbocycles. The average molecular weight is 465 g/mol. The molecule has 106 valence electrons. The molecule has 3 nitrogen and oxygen atoms in total. The van der Waals surface area contributed by atoms with Gasteiger partial charge in [0.1, 0.15) is 5.75 Å². The zero-order valence-electron chi connectivity index (χ0n) is 11.0. The lowest BCUT2D eigenvalue weighted by molar-refractivity contribution is 0.416. The number of aromatic nitrogens is 1. The molecular weight excluding hydrogens is 452 g/mol. The molecule has 0 bridgehead atoms. The Balaban J connectivity index is 2.22. The fourth-order valence-corrected chi connectivity index (χ4v) is 3.52. The van der Waals surface area contributed by atoms with Gasteiger partial charge in [-0.05, 0) is 62.5 Å². The van der Waals surface area contributed by atoms with Crippen LogP contribution in [0.2, 0.25) is 0 Å². The molecule has 1 N–H and O–H groups in total. The van der Waals surface area contributed by atoms with Crippen LogP contribution in [0.1, 0.15) is 11.3 Å². The number of methoxy groups -OCH3 is 1. The molecule has 20 heavy (non-hydrogen) atoms. The second kappa shape index (κ2) is 6.91. The predicted molar refractivity (Wildman–Crippen MR) is 92.4 cm³/mol. The van der Waals surface area contributed by atoms with E-state index in [4.69, 9.17) is 4.74 Å². The van der Waals surface area contributed by atoms with Gasteiger partial charge in [-0.2, -0.15) is 0 Å². The third kappa shape index (κ3) is 3.74. The van der Waals surface area contributed by atoms with E-state index in [2.05, 4.69) is 64.2 Å². The van der Waals surface area contributed by atoms with E-state index in [-0.39, 0.29) is 0 Å². The van der Waals surface area contributed by atoms with Crippen molar-refractivity contribution in [3.63, 3.8) is 0 Å². The summed E-state index contributed by atoms with van der Waals surface area (Å²) in [5.74, 6) is 0.810. The molecule has 0 fully saturated rings. The summed E-state index contributed by atoms with van der Waals surface area (Å²) in [6, 6.07) is 5.98. The number of nitrogens with zero attached hydrogens (tertiary/aromatic N) is 1. The number of benzene rings is 1. The van der Waals surface area contributed by atoms with Gasteiger partial charge < -0.3 is 10.1 Å². The number of halogens is 3. The molecule has 0 atom stereocenters. The van der Waals surface area contributed by atoms with Crippen molar-refractivity contribution in [2.45, 2.75) is 13.5 Å². The third-order valence-corrected chi connectivity index (χ3v) is 4.38. The smallest absolute Gasteiger partial charge is 0.143 e. The van der Waals surface area contributed by atoms with Crippen LogP contribution < -0.4 is 10.1 Å². The highest BCUT2D eigenvalue weighted by molar-refractivity contribution is 9.11. The minimum absolute atomic E-state index is 0.618. The summed E-state index contributed by atoms with van der Waals surface area (Å²) in [6.45, 7) is 2.66. The van der Waals surface area contributed by atoms with Crippen LogP contribution in [-0.4, -0.2) is 12.1 Å². The van der Waals surface area contributed by atoms with Crippen molar-refractivity contribution in [1.29, 1.82) is 0 Å². The number of ether oxygens (including phenoxy) is 1. The van der Waals surface area contributed by atoms with Gasteiger partial charge in [-0.3, -0.25) is 4.98 Å². The van der Waals surface area contributed by atoms with Gasteiger partial charge in [0.2, 0.25) is 0 Å². The first-order valence-corrected chi connectivity index (χ1v) is 8.27. The maximum Gasteiger partial charge on any atom is 0.143 e. The van der Waals surface area contributed by atoms with Crippen molar-refractivity contribution in [2.24, 2.45) is 0 Å². The van der Waals surface area contributed by atoms with Gasteiger partial charge in [0.25, 0.3) is 0 Å². The Kier molecular flexibility index (Phi) is 5.46. The fraction of sp³-hybridized carbons (Fsp3) is 0.214. The van der Waals surface area contributed by atoms with Crippen molar-refractivity contribution in [1.82, 2.24) is 4.98 Å². The van der Waals surface area contributed by atoms with Gasteiger partial charge in [0.15, 0.2) is 0 Å². The minimum Gasteiger partial charge on any atom is -0.495 e. The quantitative estimate of drug-likeness (QED) is 0.666. The van der Waals surface area contributed by atoms with Crippen LogP contribution >= 0.6 is 47.8 Å². The van der Waals surface area contributed by atoms with E-state index in [1.165, 1.54) is 0 Å². The molecule has 0 saturated carbocycles. The van der Waals surface area contributed by atoms with Gasteiger partial charge >= 0.3 is 0 Å². The highest BCUT2D eigenvalue weighted by Gasteiger charge is 2.09. The Morgan fingerprint density at radius 1 is 1.15 bits per heavy atom. The number of pyridine rings is 1. The molecule has 0 aliphatic rings. The van der Waals surface area contributed by atoms with E-state index in [1.54, 1.807) is 13.3 Å². The summed E-state index contributed by atoms with van der Waals surface area (Å²) in [5, 5.41) is 3.38. The molecule has 0 unspecified atom stereocenters. The summed E-state index contributed by atoms with van der Waals surface area (Å²) in [5.41, 5.74) is 3.04. The first kappa shape index (κ1) is 15.8. The number of hydrogen-bond acceptors (Lipinski definition) is 3. The van der Waals surface area contributed by atoms with Crippen LogP contribution in [0.4, 0.5) is 5.69 Å². The molecule has 1 aromatic heterocycles. The van der Waals surface area contributed by atoms with Crippen LogP contribution in [0.15, 0.2) is 37.8 Å². The van der Waals surface area contributed by atoms with Gasteiger partial charge in [-0.25, -0.2) is 0 Å². The fourth-order valence-electron chi connectivity index (χ4n) is 1.85. The van der Waals surface area contributed by atoms with Crippen molar-refractivity contribution in [3.05, 3.63) is 49.1 Å². The van der Waals surface area contributed by atoms with Crippen LogP contribution in [0.25, 0.3) is 0 Å². The molecule has 2 aromatic rings. The van der Waals surface area contributed by atoms with Crippen LogP contribution in [-0.2, 0) is 6.54 Å². The number of rotatable bonds is 4. The predicted octanol–water partition coefficient (Wildman–Crippen LogP) is 5.30. The first-order chi connectivity index (χ1) is 9.51. The van der Waals surface area contributed by atoms with Gasteiger partial charge in [0.05, 0.1) is 25.0 Å². The average Bonchev–Trinajstić information content (AvgIpc) is 2.38. The van der Waals surface area contributed by atoms with E-state index in [9.17, 15) is 0 Å². The van der Waals surface area contributed by atoms with E-state index in [0.29, 0.717) is 6.54 Å². The van der Waals surface area contributed by atoms with Crippen molar-refractivity contribution in [3.8, 4) is 5.75 Å². The molecule has 0 radical (unpaired) electrons. The summed E-state index contributed by atoms with van der Waals surface area (Å²) < 4.78 is 8.33. The van der Waals surface area contributed by atoms with Gasteiger partial charge in [-0.15, -0.1) is 0 Å². The van der Waals surface area contributed by atoms with Crippen LogP contribution in [0.5, 0.6) is 5.75 Å². The summed E-state index contributed by atoms with van der Waals surface area (Å²) in [6.07, 6.45) is 1.79. The molecule has 0 amide bonds. The Morgan fingerprint density at radius 3 is 2.55 bits per heavy atom. The van der Waals surface area contributed by atoms with E-state index in [0.717, 1.165) is 36.1 Å². The Bertz CT molecular complexity index is 632. The zero-order valence-corrected chi connectivity index (χ0v) is 15.8. The van der Waals surface area contributed by atoms with E-state index >= 15 is 0 Å². The lowest BCUT2D eigenvalue weighted by Gasteiger charge is -2.15. The topological polar surface area (TPSA) is 34.1 Å². The molecule has 0 saturated heterocycles. The van der Waals surface area contributed by atoms with E-state index < -0.39 is 0 Å². The molecule has 6 heteroatoms. The standard InChI is InChI=1S/C14H13Br3N2O/c1-8-3-9(15)5-13(20-2)14(8)19-7-12-11(17)4-10(16)6-18-12/h3-6,19H,7H2,1-2H3. The van der Waals surface area contributed by atoms with Crippen molar-refractivity contribution in [2.75, 3.05) is 12.4 Å². The second-order valence-corrected chi connectivity index (χ2v) is 6.92. The van der Waals surface area contributed by atoms with E-state index in [1.807, 2.05) is 19.1 Å². The molecule has 1 heterocycles. The Morgan fingerprint density at radius 2 is 1.90 bits per heavy atom. The largest absolute Gasteiger partial charge is 0.495 e. The van der Waals surface area contributed by atoms with Gasteiger partial charge in [0, 0.05) is 19.6 Å².